The fourth-order valence-corrected chi connectivity index (χ4v) is 11.3. The molecule has 0 aromatic heterocycles. The van der Waals surface area contributed by atoms with Gasteiger partial charge in [-0.25, -0.2) is 0 Å². The van der Waals surface area contributed by atoms with Crippen LogP contribution in [0.15, 0.2) is 97.2 Å². The van der Waals surface area contributed by atoms with Gasteiger partial charge in [0.05, 0.1) is 32.0 Å². The minimum absolute atomic E-state index is 0.252. The van der Waals surface area contributed by atoms with E-state index in [0.717, 1.165) is 103 Å². The molecule has 2 heterocycles. The molecule has 0 radical (unpaired) electrons. The lowest BCUT2D eigenvalue weighted by atomic mass is 9.97. The highest BCUT2D eigenvalue weighted by Gasteiger charge is 2.51. The molecule has 2 aliphatic heterocycles. The summed E-state index contributed by atoms with van der Waals surface area (Å²) in [6, 6.07) is -0.929. The predicted octanol–water partition coefficient (Wildman–Crippen LogP) is 15.0. The Balaban J connectivity index is 1.70. The molecule has 1 amide bonds. The van der Waals surface area contributed by atoms with E-state index in [9.17, 15) is 45.6 Å². The van der Waals surface area contributed by atoms with Crippen LogP contribution in [0.4, 0.5) is 0 Å². The lowest BCUT2D eigenvalue weighted by molar-refractivity contribution is -0.359. The van der Waals surface area contributed by atoms with Crippen LogP contribution in [0, 0.1) is 0 Å². The number of aliphatic hydroxyl groups is 8. The Hall–Kier alpha value is -3.09. The summed E-state index contributed by atoms with van der Waals surface area (Å²) >= 11 is 0. The number of hydrogen-bond acceptors (Lipinski definition) is 13. The van der Waals surface area contributed by atoms with Crippen molar-refractivity contribution in [3.05, 3.63) is 97.2 Å². The average molecular weight is 1250 g/mol. The number of rotatable bonds is 58. The van der Waals surface area contributed by atoms with Gasteiger partial charge in [-0.3, -0.25) is 4.79 Å². The minimum Gasteiger partial charge on any atom is -0.394 e. The Kier molecular flexibility index (Phi) is 54.1. The fourth-order valence-electron chi connectivity index (χ4n) is 11.3. The van der Waals surface area contributed by atoms with Gasteiger partial charge in [0.2, 0.25) is 5.91 Å². The van der Waals surface area contributed by atoms with Crippen LogP contribution < -0.4 is 5.32 Å². The number of unbranched alkanes of at least 4 members (excludes halogenated alkanes) is 31. The van der Waals surface area contributed by atoms with Gasteiger partial charge in [0, 0.05) is 6.42 Å². The number of aliphatic hydroxyl groups excluding tert-OH is 8. The predicted molar refractivity (Wildman–Crippen MR) is 364 cm³/mol. The van der Waals surface area contributed by atoms with E-state index in [-0.39, 0.29) is 18.9 Å². The molecule has 0 saturated carbocycles. The van der Waals surface area contributed by atoms with E-state index in [2.05, 4.69) is 104 Å². The molecule has 14 nitrogen and oxygen atoms in total. The smallest absolute Gasteiger partial charge is 0.220 e. The van der Waals surface area contributed by atoms with Gasteiger partial charge in [-0.15, -0.1) is 0 Å². The number of carbonyl (C=O) groups excluding carboxylic acids is 1. The zero-order chi connectivity index (χ0) is 64.5. The fraction of sp³-hybridized carbons (Fsp3) is 0.773. The molecular weight excluding hydrogens is 1120 g/mol. The molecule has 2 saturated heterocycles. The first-order valence-electron chi connectivity index (χ1n) is 36.0. The van der Waals surface area contributed by atoms with Gasteiger partial charge in [-0.2, -0.15) is 0 Å². The monoisotopic (exact) mass is 1250 g/mol. The SMILES string of the molecule is CC/C=C\C/C=C\C/C=C\C/C=C\C/C=C\C/C=C\C/C=C\CCCCCCCCCC(=O)NC(COC1OC(CO)C(OC2OC(CO)C(O)C(O)C2O)C(O)C1O)C(O)/C=C/CCCCCCCCCCCCCCCCCCCCCCCCCC. The topological polar surface area (TPSA) is 228 Å². The standard InChI is InChI=1S/C75H131NO13/c1-3-5-7-9-11-13-15-17-19-21-23-25-27-29-31-32-33-35-37-39-41-43-45-47-49-51-53-55-57-59-67(80)76-63(62-86-74-72(85)70(83)73(66(61-78)88-74)89-75-71(84)69(82)68(81)65(60-77)87-75)64(79)58-56-54-52-50-48-46-44-42-40-38-36-34-30-28-26-24-22-20-18-16-14-12-10-8-6-4-2/h5,7,11,13,17,19,23,25,29,31,33,35,39,41,56,58,63-66,68-75,77-79,81-85H,3-4,6,8-10,12,14-16,18,20-22,24,26-28,30,32,34,36-38,40,42-55,57,59-62H2,1-2H3,(H,76,80)/b7-5-,13-11-,19-17-,25-23-,31-29-,35-33-,41-39-,58-56+. The third kappa shape index (κ3) is 42.7. The maximum absolute atomic E-state index is 13.3. The highest BCUT2D eigenvalue weighted by atomic mass is 16.7. The molecule has 12 atom stereocenters. The van der Waals surface area contributed by atoms with Crippen molar-refractivity contribution in [3.8, 4) is 0 Å². The van der Waals surface area contributed by atoms with Crippen molar-refractivity contribution in [2.24, 2.45) is 0 Å². The lowest BCUT2D eigenvalue weighted by Crippen LogP contribution is -2.65. The first kappa shape index (κ1) is 82.0. The molecule has 2 rings (SSSR count). The maximum Gasteiger partial charge on any atom is 0.220 e. The number of carbonyl (C=O) groups is 1. The summed E-state index contributed by atoms with van der Waals surface area (Å²) in [4.78, 5) is 13.3. The molecule has 2 aliphatic rings. The van der Waals surface area contributed by atoms with E-state index in [1.165, 1.54) is 148 Å². The number of ether oxygens (including phenoxy) is 4. The highest BCUT2D eigenvalue weighted by molar-refractivity contribution is 5.76. The van der Waals surface area contributed by atoms with Crippen LogP contribution in [0.1, 0.15) is 277 Å². The van der Waals surface area contributed by atoms with Crippen LogP contribution in [0.25, 0.3) is 0 Å². The first-order chi connectivity index (χ1) is 43.6. The van der Waals surface area contributed by atoms with Crippen molar-refractivity contribution < 1.29 is 64.6 Å². The molecule has 14 heteroatoms. The Labute approximate surface area is 541 Å². The molecule has 0 aromatic carbocycles. The zero-order valence-corrected chi connectivity index (χ0v) is 55.9. The van der Waals surface area contributed by atoms with Crippen LogP contribution in [-0.4, -0.2) is 140 Å². The van der Waals surface area contributed by atoms with E-state index in [4.69, 9.17) is 18.9 Å². The van der Waals surface area contributed by atoms with Crippen LogP contribution >= 0.6 is 0 Å². The molecule has 9 N–H and O–H groups in total. The molecule has 0 bridgehead atoms. The van der Waals surface area contributed by atoms with Crippen molar-refractivity contribution in [3.63, 3.8) is 0 Å². The Bertz CT molecular complexity index is 1860. The summed E-state index contributed by atoms with van der Waals surface area (Å²) in [7, 11) is 0. The third-order valence-electron chi connectivity index (χ3n) is 17.0. The van der Waals surface area contributed by atoms with E-state index >= 15 is 0 Å². The van der Waals surface area contributed by atoms with Crippen molar-refractivity contribution >= 4 is 5.91 Å². The molecule has 0 aromatic rings. The van der Waals surface area contributed by atoms with Gasteiger partial charge in [-0.1, -0.05) is 291 Å². The van der Waals surface area contributed by atoms with Gasteiger partial charge in [0.25, 0.3) is 0 Å². The molecule has 2 fully saturated rings. The van der Waals surface area contributed by atoms with Crippen LogP contribution in [-0.2, 0) is 23.7 Å². The van der Waals surface area contributed by atoms with E-state index < -0.39 is 86.8 Å². The van der Waals surface area contributed by atoms with E-state index in [1.807, 2.05) is 6.08 Å². The second-order valence-corrected chi connectivity index (χ2v) is 25.0. The Morgan fingerprint density at radius 1 is 0.416 bits per heavy atom. The molecule has 514 valence electrons. The quantitative estimate of drug-likeness (QED) is 0.0204. The summed E-state index contributed by atoms with van der Waals surface area (Å²) in [6.07, 6.45) is 65.9. The average Bonchev–Trinajstić information content (AvgIpc) is 2.51. The van der Waals surface area contributed by atoms with Gasteiger partial charge in [0.1, 0.15) is 48.8 Å². The summed E-state index contributed by atoms with van der Waals surface area (Å²) < 4.78 is 22.9. The normalized spacial score (nSPS) is 23.6. The van der Waals surface area contributed by atoms with Gasteiger partial charge >= 0.3 is 0 Å². The third-order valence-corrected chi connectivity index (χ3v) is 17.0. The molecule has 12 unspecified atom stereocenters. The van der Waals surface area contributed by atoms with Crippen LogP contribution in [0.5, 0.6) is 0 Å². The zero-order valence-electron chi connectivity index (χ0n) is 55.9. The first-order valence-corrected chi connectivity index (χ1v) is 36.0. The van der Waals surface area contributed by atoms with Gasteiger partial charge in [0.15, 0.2) is 12.6 Å². The minimum atomic E-state index is -1.79. The van der Waals surface area contributed by atoms with Gasteiger partial charge in [-0.05, 0) is 77.0 Å². The van der Waals surface area contributed by atoms with E-state index in [1.54, 1.807) is 6.08 Å². The molecule has 0 aliphatic carbocycles. The summed E-state index contributed by atoms with van der Waals surface area (Å²) in [5.74, 6) is -0.252. The summed E-state index contributed by atoms with van der Waals surface area (Å²) in [5.41, 5.74) is 0. The molecule has 89 heavy (non-hydrogen) atoms. The summed E-state index contributed by atoms with van der Waals surface area (Å²) in [5, 5.41) is 87.5. The molecule has 0 spiro atoms. The van der Waals surface area contributed by atoms with E-state index in [0.29, 0.717) is 6.42 Å². The second kappa shape index (κ2) is 58.7. The van der Waals surface area contributed by atoms with Crippen LogP contribution in [0.2, 0.25) is 0 Å². The highest BCUT2D eigenvalue weighted by Crippen LogP contribution is 2.30. The number of amides is 1. The number of allylic oxidation sites excluding steroid dienone is 15. The lowest BCUT2D eigenvalue weighted by Gasteiger charge is -2.46. The van der Waals surface area contributed by atoms with Crippen molar-refractivity contribution in [2.45, 2.75) is 351 Å². The number of hydrogen-bond donors (Lipinski definition) is 9. The molecular formula is C75H131NO13. The van der Waals surface area contributed by atoms with Crippen molar-refractivity contribution in [1.29, 1.82) is 0 Å². The Morgan fingerprint density at radius 3 is 1.19 bits per heavy atom. The Morgan fingerprint density at radius 2 is 0.775 bits per heavy atom. The second-order valence-electron chi connectivity index (χ2n) is 25.0. The van der Waals surface area contributed by atoms with Gasteiger partial charge < -0.3 is 65.1 Å². The summed E-state index contributed by atoms with van der Waals surface area (Å²) in [6.45, 7) is 2.70. The van der Waals surface area contributed by atoms with Crippen molar-refractivity contribution in [2.75, 3.05) is 19.8 Å². The largest absolute Gasteiger partial charge is 0.394 e. The van der Waals surface area contributed by atoms with Crippen LogP contribution in [0.3, 0.4) is 0 Å². The number of nitrogens with one attached hydrogen (secondary N) is 1. The van der Waals surface area contributed by atoms with Crippen molar-refractivity contribution in [1.82, 2.24) is 5.32 Å². The maximum atomic E-state index is 13.3.